The van der Waals surface area contributed by atoms with Gasteiger partial charge in [-0.15, -0.1) is 0 Å². The topological polar surface area (TPSA) is 244 Å². The average Bonchev–Trinajstić information content (AvgIpc) is 2.74. The van der Waals surface area contributed by atoms with Crippen LogP contribution >= 0.6 is 23.5 Å². The van der Waals surface area contributed by atoms with Crippen LogP contribution < -0.4 is 11.2 Å². The maximum atomic E-state index is 13.4. The largest absolute Gasteiger partial charge is 0.490 e. The third kappa shape index (κ3) is 6.21. The first-order valence-corrected chi connectivity index (χ1v) is 11.7. The number of nitrogens with one attached hydrogen (secondary N) is 1. The highest BCUT2D eigenvalue weighted by molar-refractivity contribution is 7.66. The normalized spacial score (nSPS) is 29.3. The van der Waals surface area contributed by atoms with E-state index in [1.165, 1.54) is 0 Å². The number of H-pyrrole nitrogens is 1. The summed E-state index contributed by atoms with van der Waals surface area (Å²) in [7, 11) is -17.0. The lowest BCUT2D eigenvalue weighted by Crippen LogP contribution is -2.39. The highest BCUT2D eigenvalue weighted by Crippen LogP contribution is 2.67. The van der Waals surface area contributed by atoms with E-state index in [4.69, 9.17) is 19.4 Å². The maximum Gasteiger partial charge on any atom is 0.490 e. The fourth-order valence-electron chi connectivity index (χ4n) is 2.30. The Kier molecular flexibility index (Phi) is 6.87. The number of aliphatic hydroxyl groups is 1. The van der Waals surface area contributed by atoms with Gasteiger partial charge in [-0.25, -0.2) is 18.5 Å². The third-order valence-corrected chi connectivity index (χ3v) is 7.15. The summed E-state index contributed by atoms with van der Waals surface area (Å²) in [6.45, 7) is 1.16. The van der Waals surface area contributed by atoms with Crippen molar-refractivity contribution in [2.45, 2.75) is 31.5 Å². The summed E-state index contributed by atoms with van der Waals surface area (Å²) in [6.07, 6.45) is -6.43. The second kappa shape index (κ2) is 8.23. The summed E-state index contributed by atoms with van der Waals surface area (Å²) in [5, 5.41) is 10.2. The molecule has 6 N–H and O–H groups in total. The minimum Gasteiger partial charge on any atom is -0.386 e. The van der Waals surface area contributed by atoms with Crippen molar-refractivity contribution in [1.29, 1.82) is 0 Å². The Morgan fingerprint density at radius 3 is 2.28 bits per heavy atom. The number of phosphoric ester groups is 1. The van der Waals surface area contributed by atoms with Gasteiger partial charge < -0.3 is 29.4 Å². The first-order valence-electron chi connectivity index (χ1n) is 7.18. The van der Waals surface area contributed by atoms with Crippen molar-refractivity contribution in [2.75, 3.05) is 0 Å². The number of hydrogen-bond donors (Lipinski definition) is 6. The van der Waals surface area contributed by atoms with Gasteiger partial charge in [-0.1, -0.05) is 0 Å². The van der Waals surface area contributed by atoms with E-state index in [1.807, 2.05) is 0 Å². The molecule has 20 heteroatoms. The predicted octanol–water partition coefficient (Wildman–Crippen LogP) is -1.33. The van der Waals surface area contributed by atoms with Gasteiger partial charge in [0.15, 0.2) is 6.23 Å². The Labute approximate surface area is 158 Å². The minimum absolute atomic E-state index is 0.398. The molecule has 0 aromatic carbocycles. The smallest absolute Gasteiger partial charge is 0.386 e. The Balaban J connectivity index is 2.22. The molecule has 29 heavy (non-hydrogen) atoms. The molecule has 0 spiro atoms. The summed E-state index contributed by atoms with van der Waals surface area (Å²) >= 11 is 0. The molecular formula is C9H14FN2O14P3. The van der Waals surface area contributed by atoms with Crippen LogP contribution in [0.4, 0.5) is 4.39 Å². The number of aromatic amines is 1. The molecule has 6 atom stereocenters. The number of nitrogens with zero attached hydrogens (tertiary/aromatic N) is 1. The molecule has 4 unspecified atom stereocenters. The molecule has 0 saturated carbocycles. The predicted molar refractivity (Wildman–Crippen MR) is 85.6 cm³/mol. The molecule has 2 rings (SSSR count). The summed E-state index contributed by atoms with van der Waals surface area (Å²) in [5.41, 5.74) is -2.55. The van der Waals surface area contributed by atoms with Crippen molar-refractivity contribution in [3.8, 4) is 0 Å². The van der Waals surface area contributed by atoms with Crippen molar-refractivity contribution in [3.05, 3.63) is 32.9 Å². The quantitative estimate of drug-likeness (QED) is 0.245. The van der Waals surface area contributed by atoms with Crippen LogP contribution in [0.15, 0.2) is 15.8 Å². The molecule has 0 aliphatic carbocycles. The van der Waals surface area contributed by atoms with Crippen LogP contribution in [0.1, 0.15) is 13.2 Å². The van der Waals surface area contributed by atoms with E-state index in [1.54, 1.807) is 4.98 Å². The lowest BCUT2D eigenvalue weighted by atomic mass is 10.1. The number of halogens is 1. The third-order valence-electron chi connectivity index (χ3n) is 3.31. The standard InChI is InChI=1S/C9H14FN2O14P3/c1-3-6(24-28(19,20)26-29(21,22)25-27(16,17)18)5(13)8(23-3)12-2-4(10)7(14)11-9(12)15/h2-3,5-6,8,13H,1H3,(H,19,20)(H,21,22)(H,11,14,15)(H2,16,17,18)/t3-,5?,6?,8-/m0/s1. The average molecular weight is 486 g/mol. The second-order valence-corrected chi connectivity index (χ2v) is 9.90. The number of aliphatic hydroxyl groups excluding tert-OH is 1. The van der Waals surface area contributed by atoms with E-state index in [0.717, 1.165) is 6.92 Å². The van der Waals surface area contributed by atoms with Crippen LogP contribution in [0.2, 0.25) is 0 Å². The highest BCUT2D eigenvalue weighted by atomic mass is 31.3. The summed E-state index contributed by atoms with van der Waals surface area (Å²) in [4.78, 5) is 60.0. The molecule has 0 radical (unpaired) electrons. The molecule has 1 aliphatic heterocycles. The molecule has 1 aromatic heterocycles. The zero-order chi connectivity index (χ0) is 22.4. The number of hydrogen-bond acceptors (Lipinski definition) is 10. The van der Waals surface area contributed by atoms with Crippen LogP contribution in [-0.4, -0.2) is 52.5 Å². The van der Waals surface area contributed by atoms with Crippen molar-refractivity contribution in [1.82, 2.24) is 9.55 Å². The highest BCUT2D eigenvalue weighted by Gasteiger charge is 2.49. The first kappa shape index (κ1) is 24.2. The lowest BCUT2D eigenvalue weighted by molar-refractivity contribution is -0.0356. The Bertz CT molecular complexity index is 1030. The number of phosphoric acid groups is 3. The van der Waals surface area contributed by atoms with Crippen LogP contribution in [-0.2, 0) is 31.6 Å². The van der Waals surface area contributed by atoms with Crippen LogP contribution in [0, 0.1) is 5.82 Å². The zero-order valence-corrected chi connectivity index (χ0v) is 16.6. The van der Waals surface area contributed by atoms with E-state index in [0.29, 0.717) is 10.8 Å². The lowest BCUT2D eigenvalue weighted by Gasteiger charge is -2.22. The molecule has 0 bridgehead atoms. The molecule has 2 heterocycles. The Morgan fingerprint density at radius 2 is 1.72 bits per heavy atom. The summed E-state index contributed by atoms with van der Waals surface area (Å²) < 4.78 is 64.3. The summed E-state index contributed by atoms with van der Waals surface area (Å²) in [5.74, 6) is -1.41. The van der Waals surface area contributed by atoms with Gasteiger partial charge in [0, 0.05) is 0 Å². The van der Waals surface area contributed by atoms with Gasteiger partial charge in [-0.3, -0.25) is 18.9 Å². The van der Waals surface area contributed by atoms with Crippen LogP contribution in [0.25, 0.3) is 0 Å². The molecule has 1 fully saturated rings. The van der Waals surface area contributed by atoms with Crippen LogP contribution in [0.3, 0.4) is 0 Å². The molecule has 0 amide bonds. The van der Waals surface area contributed by atoms with Gasteiger partial charge in [0.05, 0.1) is 12.3 Å². The van der Waals surface area contributed by atoms with E-state index in [-0.39, 0.29) is 0 Å². The molecule has 16 nitrogen and oxygen atoms in total. The van der Waals surface area contributed by atoms with E-state index >= 15 is 0 Å². The van der Waals surface area contributed by atoms with Crippen molar-refractivity contribution < 1.29 is 60.6 Å². The molecule has 1 saturated heterocycles. The van der Waals surface area contributed by atoms with Crippen molar-refractivity contribution in [2.24, 2.45) is 0 Å². The van der Waals surface area contributed by atoms with Gasteiger partial charge in [-0.05, 0) is 6.92 Å². The van der Waals surface area contributed by atoms with Crippen LogP contribution in [0.5, 0.6) is 0 Å². The molecular weight excluding hydrogens is 472 g/mol. The van der Waals surface area contributed by atoms with Gasteiger partial charge in [0.25, 0.3) is 5.56 Å². The Hall–Kier alpha value is -1.06. The van der Waals surface area contributed by atoms with Gasteiger partial charge in [-0.2, -0.15) is 13.0 Å². The zero-order valence-electron chi connectivity index (χ0n) is 14.0. The molecule has 1 aromatic rings. The molecule has 1 aliphatic rings. The Morgan fingerprint density at radius 1 is 1.14 bits per heavy atom. The van der Waals surface area contributed by atoms with E-state index < -0.39 is 65.1 Å². The number of ether oxygens (including phenoxy) is 1. The van der Waals surface area contributed by atoms with Crippen molar-refractivity contribution in [3.63, 3.8) is 0 Å². The fourth-order valence-corrected chi connectivity index (χ4v) is 5.56. The van der Waals surface area contributed by atoms with Gasteiger partial charge >= 0.3 is 29.2 Å². The van der Waals surface area contributed by atoms with Crippen molar-refractivity contribution >= 4 is 23.5 Å². The SMILES string of the molecule is C[C@@H]1O[C@H](n2cc(F)c(=O)[nH]c2=O)C(O)C1OP(=O)(O)OP(=O)(O)OP(=O)(O)O. The van der Waals surface area contributed by atoms with Gasteiger partial charge in [0.2, 0.25) is 5.82 Å². The van der Waals surface area contributed by atoms with E-state index in [2.05, 4.69) is 13.1 Å². The van der Waals surface area contributed by atoms with E-state index in [9.17, 15) is 37.7 Å². The number of aromatic nitrogens is 2. The summed E-state index contributed by atoms with van der Waals surface area (Å²) in [6, 6.07) is 0. The fraction of sp³-hybridized carbons (Fsp3) is 0.556. The monoisotopic (exact) mass is 486 g/mol. The maximum absolute atomic E-state index is 13.4. The first-order chi connectivity index (χ1) is 13.0. The minimum atomic E-state index is -5.79. The molecule has 166 valence electrons. The van der Waals surface area contributed by atoms with Gasteiger partial charge in [0.1, 0.15) is 12.2 Å². The number of rotatable bonds is 7. The second-order valence-electron chi connectivity index (χ2n) is 5.53.